The van der Waals surface area contributed by atoms with Gasteiger partial charge in [-0.15, -0.1) is 12.4 Å². The summed E-state index contributed by atoms with van der Waals surface area (Å²) in [5.41, 5.74) is 0.390. The van der Waals surface area contributed by atoms with Crippen LogP contribution in [0.15, 0.2) is 24.3 Å². The van der Waals surface area contributed by atoms with Gasteiger partial charge in [0.15, 0.2) is 0 Å². The SMILES string of the molecule is CCOC(=O)OC(=N)c1ccc(O)cc1.Cl. The molecule has 1 rings (SSSR count). The summed E-state index contributed by atoms with van der Waals surface area (Å²) in [7, 11) is 0. The van der Waals surface area contributed by atoms with E-state index in [0.29, 0.717) is 5.56 Å². The maximum atomic E-state index is 10.9. The summed E-state index contributed by atoms with van der Waals surface area (Å²) in [5, 5.41) is 16.4. The number of hydrogen-bond donors (Lipinski definition) is 2. The fourth-order valence-electron chi connectivity index (χ4n) is 0.902. The second-order valence-electron chi connectivity index (χ2n) is 2.66. The molecule has 0 radical (unpaired) electrons. The largest absolute Gasteiger partial charge is 0.515 e. The molecule has 0 saturated carbocycles. The average Bonchev–Trinajstić information content (AvgIpc) is 2.18. The lowest BCUT2D eigenvalue weighted by atomic mass is 10.2. The second kappa shape index (κ2) is 6.68. The van der Waals surface area contributed by atoms with E-state index in [1.165, 1.54) is 24.3 Å². The lowest BCUT2D eigenvalue weighted by molar-refractivity contribution is 0.100. The van der Waals surface area contributed by atoms with E-state index in [-0.39, 0.29) is 30.7 Å². The molecule has 2 N–H and O–H groups in total. The first-order valence-electron chi connectivity index (χ1n) is 4.36. The number of benzene rings is 1. The Morgan fingerprint density at radius 3 is 2.44 bits per heavy atom. The molecule has 0 aliphatic rings. The van der Waals surface area contributed by atoms with Gasteiger partial charge in [0.05, 0.1) is 6.61 Å². The minimum atomic E-state index is -0.907. The molecular weight excluding hydrogens is 234 g/mol. The van der Waals surface area contributed by atoms with Crippen LogP contribution in [0, 0.1) is 5.41 Å². The molecule has 0 bridgehead atoms. The van der Waals surface area contributed by atoms with Gasteiger partial charge in [0, 0.05) is 5.56 Å². The van der Waals surface area contributed by atoms with Crippen molar-refractivity contribution in [1.82, 2.24) is 0 Å². The van der Waals surface area contributed by atoms with Gasteiger partial charge in [-0.25, -0.2) is 4.79 Å². The zero-order chi connectivity index (χ0) is 11.3. The fraction of sp³-hybridized carbons (Fsp3) is 0.200. The van der Waals surface area contributed by atoms with Crippen molar-refractivity contribution in [3.63, 3.8) is 0 Å². The molecule has 0 amide bonds. The van der Waals surface area contributed by atoms with Crippen LogP contribution in [0.1, 0.15) is 12.5 Å². The molecule has 1 aromatic carbocycles. The zero-order valence-electron chi connectivity index (χ0n) is 8.60. The maximum absolute atomic E-state index is 10.9. The van der Waals surface area contributed by atoms with E-state index in [9.17, 15) is 4.79 Å². The number of phenols is 1. The summed E-state index contributed by atoms with van der Waals surface area (Å²) in [4.78, 5) is 10.9. The van der Waals surface area contributed by atoms with Crippen LogP contribution < -0.4 is 0 Å². The molecule has 6 heteroatoms. The molecule has 0 spiro atoms. The van der Waals surface area contributed by atoms with Crippen LogP contribution in [0.5, 0.6) is 5.75 Å². The summed E-state index contributed by atoms with van der Waals surface area (Å²) >= 11 is 0. The maximum Gasteiger partial charge on any atom is 0.515 e. The van der Waals surface area contributed by atoms with Crippen LogP contribution in [0.2, 0.25) is 0 Å². The van der Waals surface area contributed by atoms with Crippen molar-refractivity contribution in [2.75, 3.05) is 6.61 Å². The first-order valence-corrected chi connectivity index (χ1v) is 4.36. The van der Waals surface area contributed by atoms with Crippen molar-refractivity contribution >= 4 is 24.5 Å². The van der Waals surface area contributed by atoms with Crippen LogP contribution in [-0.4, -0.2) is 23.8 Å². The number of carbonyl (C=O) groups is 1. The first kappa shape index (κ1) is 14.2. The predicted molar refractivity (Wildman–Crippen MR) is 60.3 cm³/mol. The molecule has 0 aliphatic carbocycles. The van der Waals surface area contributed by atoms with Gasteiger partial charge in [-0.2, -0.15) is 0 Å². The molecule has 0 aromatic heterocycles. The lowest BCUT2D eigenvalue weighted by Crippen LogP contribution is -2.13. The van der Waals surface area contributed by atoms with Gasteiger partial charge in [0.1, 0.15) is 5.75 Å². The molecule has 88 valence electrons. The predicted octanol–water partition coefficient (Wildman–Crippen LogP) is 2.31. The van der Waals surface area contributed by atoms with Crippen molar-refractivity contribution in [2.24, 2.45) is 0 Å². The third kappa shape index (κ3) is 4.18. The highest BCUT2D eigenvalue weighted by molar-refractivity contribution is 5.97. The third-order valence-electron chi connectivity index (χ3n) is 1.58. The Bertz CT molecular complexity index is 364. The van der Waals surface area contributed by atoms with E-state index >= 15 is 0 Å². The Morgan fingerprint density at radius 2 is 1.94 bits per heavy atom. The minimum absolute atomic E-state index is 0. The fourth-order valence-corrected chi connectivity index (χ4v) is 0.902. The topological polar surface area (TPSA) is 79.6 Å². The molecule has 0 atom stereocenters. The number of phenolic OH excluding ortho intramolecular Hbond substituents is 1. The van der Waals surface area contributed by atoms with Crippen LogP contribution in [-0.2, 0) is 9.47 Å². The molecule has 0 aliphatic heterocycles. The van der Waals surface area contributed by atoms with E-state index in [4.69, 9.17) is 10.5 Å². The number of nitrogens with one attached hydrogen (secondary N) is 1. The van der Waals surface area contributed by atoms with Crippen molar-refractivity contribution in [1.29, 1.82) is 5.41 Å². The Kier molecular flexibility index (Phi) is 5.95. The van der Waals surface area contributed by atoms with E-state index in [1.807, 2.05) is 0 Å². The van der Waals surface area contributed by atoms with Gasteiger partial charge >= 0.3 is 6.16 Å². The minimum Gasteiger partial charge on any atom is -0.508 e. The van der Waals surface area contributed by atoms with Crippen molar-refractivity contribution in [2.45, 2.75) is 6.92 Å². The van der Waals surface area contributed by atoms with Gasteiger partial charge in [-0.05, 0) is 31.2 Å². The molecule has 0 heterocycles. The highest BCUT2D eigenvalue weighted by Gasteiger charge is 2.09. The van der Waals surface area contributed by atoms with Crippen molar-refractivity contribution in [3.05, 3.63) is 29.8 Å². The summed E-state index contributed by atoms with van der Waals surface area (Å²) in [6, 6.07) is 5.74. The smallest absolute Gasteiger partial charge is 0.508 e. The quantitative estimate of drug-likeness (QED) is 0.476. The third-order valence-corrected chi connectivity index (χ3v) is 1.58. The number of ether oxygens (including phenoxy) is 2. The van der Waals surface area contributed by atoms with Gasteiger partial charge in [0.25, 0.3) is 0 Å². The summed E-state index contributed by atoms with van der Waals surface area (Å²) < 4.78 is 9.06. The summed E-state index contributed by atoms with van der Waals surface area (Å²) in [6.45, 7) is 1.84. The van der Waals surface area contributed by atoms with E-state index in [2.05, 4.69) is 9.47 Å². The molecule has 5 nitrogen and oxygen atoms in total. The van der Waals surface area contributed by atoms with Crippen LogP contribution in [0.25, 0.3) is 0 Å². The summed E-state index contributed by atoms with van der Waals surface area (Å²) in [6.07, 6.45) is -0.907. The molecular formula is C10H12ClNO4. The molecule has 0 fully saturated rings. The number of rotatable bonds is 2. The van der Waals surface area contributed by atoms with Crippen LogP contribution in [0.3, 0.4) is 0 Å². The highest BCUT2D eigenvalue weighted by atomic mass is 35.5. The number of halogens is 1. The van der Waals surface area contributed by atoms with E-state index in [0.717, 1.165) is 0 Å². The van der Waals surface area contributed by atoms with Crippen LogP contribution >= 0.6 is 12.4 Å². The van der Waals surface area contributed by atoms with Gasteiger partial charge in [-0.3, -0.25) is 5.41 Å². The van der Waals surface area contributed by atoms with Crippen molar-refractivity contribution in [3.8, 4) is 5.75 Å². The van der Waals surface area contributed by atoms with Crippen LogP contribution in [0.4, 0.5) is 4.79 Å². The Hall–Kier alpha value is -1.75. The Labute approximate surface area is 98.9 Å². The zero-order valence-corrected chi connectivity index (χ0v) is 9.41. The van der Waals surface area contributed by atoms with Gasteiger partial charge < -0.3 is 14.6 Å². The highest BCUT2D eigenvalue weighted by Crippen LogP contribution is 2.10. The number of aromatic hydroxyl groups is 1. The number of carbonyl (C=O) groups excluding carboxylic acids is 1. The van der Waals surface area contributed by atoms with E-state index < -0.39 is 6.16 Å². The Balaban J connectivity index is 0.00000225. The molecule has 16 heavy (non-hydrogen) atoms. The number of hydrogen-bond acceptors (Lipinski definition) is 5. The molecule has 0 unspecified atom stereocenters. The van der Waals surface area contributed by atoms with Gasteiger partial charge in [0.2, 0.25) is 5.90 Å². The molecule has 0 saturated heterocycles. The summed E-state index contributed by atoms with van der Waals surface area (Å²) in [5.74, 6) is -0.226. The van der Waals surface area contributed by atoms with Crippen molar-refractivity contribution < 1.29 is 19.4 Å². The van der Waals surface area contributed by atoms with E-state index in [1.54, 1.807) is 6.92 Å². The standard InChI is InChI=1S/C10H11NO4.ClH/c1-2-14-10(13)15-9(11)7-3-5-8(12)6-4-7;/h3-6,11-12H,2H2,1H3;1H. The average molecular weight is 246 g/mol. The first-order chi connectivity index (χ1) is 7.13. The molecule has 1 aromatic rings. The second-order valence-corrected chi connectivity index (χ2v) is 2.66. The normalized spacial score (nSPS) is 8.81. The lowest BCUT2D eigenvalue weighted by Gasteiger charge is -2.04. The monoisotopic (exact) mass is 245 g/mol. The Morgan fingerprint density at radius 1 is 1.38 bits per heavy atom. The van der Waals surface area contributed by atoms with Gasteiger partial charge in [-0.1, -0.05) is 0 Å².